The highest BCUT2D eigenvalue weighted by Gasteiger charge is 2.21. The van der Waals surface area contributed by atoms with Gasteiger partial charge in [-0.1, -0.05) is 65.0 Å². The fourth-order valence-corrected chi connectivity index (χ4v) is 3.25. The molecule has 1 nitrogen and oxygen atoms in total. The highest BCUT2D eigenvalue weighted by Crippen LogP contribution is 2.35. The number of benzene rings is 1. The van der Waals surface area contributed by atoms with Crippen LogP contribution in [0.3, 0.4) is 0 Å². The van der Waals surface area contributed by atoms with Gasteiger partial charge in [0.25, 0.3) is 0 Å². The molecule has 1 aromatic rings. The van der Waals surface area contributed by atoms with Crippen molar-refractivity contribution in [2.45, 2.75) is 52.6 Å². The van der Waals surface area contributed by atoms with Gasteiger partial charge in [-0.05, 0) is 42.5 Å². The lowest BCUT2D eigenvalue weighted by Crippen LogP contribution is -2.12. The molecule has 3 heteroatoms. The molecule has 0 bridgehead atoms. The van der Waals surface area contributed by atoms with Crippen LogP contribution in [0.15, 0.2) is 21.1 Å². The zero-order chi connectivity index (χ0) is 13.7. The zero-order valence-corrected chi connectivity index (χ0v) is 14.5. The van der Waals surface area contributed by atoms with E-state index in [0.717, 1.165) is 27.4 Å². The van der Waals surface area contributed by atoms with Gasteiger partial charge in [0, 0.05) is 8.95 Å². The molecule has 2 atom stereocenters. The standard InChI is InChI=1S/C15H22Br2O/c1-4-6-7-11(5-2)15(18)12-9-13(16)10(3)8-14(12)17/h8-9,11,15,18H,4-7H2,1-3H3. The first-order valence-corrected chi connectivity index (χ1v) is 8.23. The molecule has 0 aliphatic heterocycles. The van der Waals surface area contributed by atoms with E-state index in [0.29, 0.717) is 5.92 Å². The molecule has 0 heterocycles. The second kappa shape index (κ2) is 7.66. The zero-order valence-electron chi connectivity index (χ0n) is 11.3. The van der Waals surface area contributed by atoms with Crippen molar-refractivity contribution in [3.05, 3.63) is 32.2 Å². The van der Waals surface area contributed by atoms with Gasteiger partial charge in [-0.15, -0.1) is 0 Å². The molecule has 0 amide bonds. The maximum Gasteiger partial charge on any atom is 0.0829 e. The first-order valence-electron chi connectivity index (χ1n) is 6.64. The normalized spacial score (nSPS) is 14.6. The number of halogens is 2. The summed E-state index contributed by atoms with van der Waals surface area (Å²) >= 11 is 7.11. The van der Waals surface area contributed by atoms with Gasteiger partial charge in [-0.2, -0.15) is 0 Å². The summed E-state index contributed by atoms with van der Waals surface area (Å²) in [6.45, 7) is 6.40. The van der Waals surface area contributed by atoms with Gasteiger partial charge >= 0.3 is 0 Å². The average Bonchev–Trinajstić information content (AvgIpc) is 2.34. The molecule has 0 radical (unpaired) electrons. The van der Waals surface area contributed by atoms with Gasteiger partial charge in [0.2, 0.25) is 0 Å². The summed E-state index contributed by atoms with van der Waals surface area (Å²) in [4.78, 5) is 0. The van der Waals surface area contributed by atoms with Crippen molar-refractivity contribution >= 4 is 31.9 Å². The number of hydrogen-bond acceptors (Lipinski definition) is 1. The lowest BCUT2D eigenvalue weighted by atomic mass is 9.89. The highest BCUT2D eigenvalue weighted by molar-refractivity contribution is 9.11. The van der Waals surface area contributed by atoms with Crippen LogP contribution in [0.5, 0.6) is 0 Å². The van der Waals surface area contributed by atoms with E-state index in [2.05, 4.69) is 58.7 Å². The molecule has 1 N–H and O–H groups in total. The molecule has 0 fully saturated rings. The molecule has 18 heavy (non-hydrogen) atoms. The quantitative estimate of drug-likeness (QED) is 0.667. The predicted octanol–water partition coefficient (Wildman–Crippen LogP) is 5.77. The Bertz CT molecular complexity index is 390. The van der Waals surface area contributed by atoms with Crippen molar-refractivity contribution < 1.29 is 5.11 Å². The Hall–Kier alpha value is 0.140. The van der Waals surface area contributed by atoms with Gasteiger partial charge in [-0.25, -0.2) is 0 Å². The Labute approximate surface area is 127 Å². The Balaban J connectivity index is 2.94. The Morgan fingerprint density at radius 3 is 2.39 bits per heavy atom. The molecule has 0 saturated heterocycles. The second-order valence-electron chi connectivity index (χ2n) is 4.88. The topological polar surface area (TPSA) is 20.2 Å². The summed E-state index contributed by atoms with van der Waals surface area (Å²) in [6, 6.07) is 4.11. The van der Waals surface area contributed by atoms with Crippen LogP contribution in [0.25, 0.3) is 0 Å². The number of aliphatic hydroxyl groups excluding tert-OH is 1. The van der Waals surface area contributed by atoms with Crippen LogP contribution in [0.4, 0.5) is 0 Å². The van der Waals surface area contributed by atoms with Crippen molar-refractivity contribution in [1.29, 1.82) is 0 Å². The Kier molecular flexibility index (Phi) is 6.89. The van der Waals surface area contributed by atoms with Crippen molar-refractivity contribution in [3.63, 3.8) is 0 Å². The van der Waals surface area contributed by atoms with E-state index >= 15 is 0 Å². The summed E-state index contributed by atoms with van der Waals surface area (Å²) in [5.41, 5.74) is 2.18. The third kappa shape index (κ3) is 4.07. The van der Waals surface area contributed by atoms with Crippen LogP contribution in [-0.4, -0.2) is 5.11 Å². The van der Waals surface area contributed by atoms with E-state index in [1.807, 2.05) is 6.07 Å². The minimum absolute atomic E-state index is 0.343. The summed E-state index contributed by atoms with van der Waals surface area (Å²) < 4.78 is 2.07. The van der Waals surface area contributed by atoms with Crippen molar-refractivity contribution in [1.82, 2.24) is 0 Å². The van der Waals surface area contributed by atoms with Crippen LogP contribution in [0.2, 0.25) is 0 Å². The first-order chi connectivity index (χ1) is 8.51. The van der Waals surface area contributed by atoms with Gasteiger partial charge in [0.15, 0.2) is 0 Å². The Morgan fingerprint density at radius 1 is 1.17 bits per heavy atom. The number of rotatable bonds is 6. The van der Waals surface area contributed by atoms with Crippen molar-refractivity contribution in [2.24, 2.45) is 5.92 Å². The fourth-order valence-electron chi connectivity index (χ4n) is 2.19. The Morgan fingerprint density at radius 2 is 1.83 bits per heavy atom. The number of unbranched alkanes of at least 4 members (excludes halogenated alkanes) is 1. The van der Waals surface area contributed by atoms with Crippen LogP contribution < -0.4 is 0 Å². The van der Waals surface area contributed by atoms with Crippen molar-refractivity contribution in [2.75, 3.05) is 0 Å². The maximum atomic E-state index is 10.6. The van der Waals surface area contributed by atoms with Gasteiger partial charge in [-0.3, -0.25) is 0 Å². The third-order valence-corrected chi connectivity index (χ3v) is 5.04. The predicted molar refractivity (Wildman–Crippen MR) is 84.8 cm³/mol. The minimum atomic E-state index is -0.382. The van der Waals surface area contributed by atoms with Gasteiger partial charge < -0.3 is 5.11 Å². The molecule has 102 valence electrons. The molecular formula is C15H22Br2O. The van der Waals surface area contributed by atoms with E-state index in [1.165, 1.54) is 18.4 Å². The average molecular weight is 378 g/mol. The third-order valence-electron chi connectivity index (χ3n) is 3.50. The van der Waals surface area contributed by atoms with Crippen LogP contribution in [0.1, 0.15) is 56.8 Å². The smallest absolute Gasteiger partial charge is 0.0829 e. The largest absolute Gasteiger partial charge is 0.388 e. The molecule has 0 aliphatic rings. The lowest BCUT2D eigenvalue weighted by molar-refractivity contribution is 0.0982. The highest BCUT2D eigenvalue weighted by atomic mass is 79.9. The number of hydrogen-bond donors (Lipinski definition) is 1. The molecule has 0 saturated carbocycles. The summed E-state index contributed by atoms with van der Waals surface area (Å²) in [6.07, 6.45) is 4.08. The van der Waals surface area contributed by atoms with Crippen LogP contribution >= 0.6 is 31.9 Å². The summed E-state index contributed by atoms with van der Waals surface area (Å²) in [7, 11) is 0. The molecule has 0 aliphatic carbocycles. The van der Waals surface area contributed by atoms with E-state index in [4.69, 9.17) is 0 Å². The van der Waals surface area contributed by atoms with Crippen molar-refractivity contribution in [3.8, 4) is 0 Å². The SMILES string of the molecule is CCCCC(CC)C(O)c1cc(Br)c(C)cc1Br. The fraction of sp³-hybridized carbons (Fsp3) is 0.600. The van der Waals surface area contributed by atoms with Crippen LogP contribution in [-0.2, 0) is 0 Å². The second-order valence-corrected chi connectivity index (χ2v) is 6.59. The van der Waals surface area contributed by atoms with E-state index in [1.54, 1.807) is 0 Å². The molecule has 2 unspecified atom stereocenters. The molecular weight excluding hydrogens is 356 g/mol. The number of aryl methyl sites for hydroxylation is 1. The molecule has 1 rings (SSSR count). The number of aliphatic hydroxyl groups is 1. The molecule has 0 spiro atoms. The summed E-state index contributed by atoms with van der Waals surface area (Å²) in [5, 5.41) is 10.6. The molecule has 1 aromatic carbocycles. The lowest BCUT2D eigenvalue weighted by Gasteiger charge is -2.23. The maximum absolute atomic E-state index is 10.6. The van der Waals surface area contributed by atoms with E-state index in [-0.39, 0.29) is 6.10 Å². The van der Waals surface area contributed by atoms with E-state index < -0.39 is 0 Å². The van der Waals surface area contributed by atoms with Gasteiger partial charge in [0.05, 0.1) is 6.10 Å². The van der Waals surface area contributed by atoms with E-state index in [9.17, 15) is 5.11 Å². The minimum Gasteiger partial charge on any atom is -0.388 e. The van der Waals surface area contributed by atoms with Crippen LogP contribution in [0, 0.1) is 12.8 Å². The molecule has 0 aromatic heterocycles. The van der Waals surface area contributed by atoms with Gasteiger partial charge in [0.1, 0.15) is 0 Å². The summed E-state index contributed by atoms with van der Waals surface area (Å²) in [5.74, 6) is 0.343. The first kappa shape index (κ1) is 16.2. The monoisotopic (exact) mass is 376 g/mol.